The monoisotopic (exact) mass is 285 g/mol. The molecule has 0 spiro atoms. The van der Waals surface area contributed by atoms with E-state index in [1.165, 1.54) is 6.07 Å². The van der Waals surface area contributed by atoms with Crippen LogP contribution in [-0.2, 0) is 0 Å². The molecule has 1 nitrogen and oxygen atoms in total. The van der Waals surface area contributed by atoms with Crippen molar-refractivity contribution in [3.05, 3.63) is 34.6 Å². The van der Waals surface area contributed by atoms with Crippen molar-refractivity contribution in [2.45, 2.75) is 53.0 Å². The lowest BCUT2D eigenvalue weighted by molar-refractivity contribution is 0.329. The first-order valence-corrected chi connectivity index (χ1v) is 7.39. The maximum atomic E-state index is 14.0. The summed E-state index contributed by atoms with van der Waals surface area (Å²) in [5.41, 5.74) is 0.937. The molecule has 1 atom stereocenters. The SMILES string of the molecule is CCCNC(CCC(C)(C)C)c1cc(Cl)ccc1F. The van der Waals surface area contributed by atoms with Gasteiger partial charge in [0.05, 0.1) is 0 Å². The summed E-state index contributed by atoms with van der Waals surface area (Å²) in [4.78, 5) is 0. The van der Waals surface area contributed by atoms with Crippen LogP contribution < -0.4 is 5.32 Å². The van der Waals surface area contributed by atoms with E-state index in [1.54, 1.807) is 12.1 Å². The molecule has 0 aliphatic carbocycles. The van der Waals surface area contributed by atoms with Crippen LogP contribution in [0.15, 0.2) is 18.2 Å². The number of halogens is 2. The van der Waals surface area contributed by atoms with Crippen molar-refractivity contribution in [1.29, 1.82) is 0 Å². The van der Waals surface area contributed by atoms with Crippen LogP contribution >= 0.6 is 11.6 Å². The fourth-order valence-electron chi connectivity index (χ4n) is 2.05. The van der Waals surface area contributed by atoms with Gasteiger partial charge in [-0.1, -0.05) is 39.3 Å². The Labute approximate surface area is 121 Å². The summed E-state index contributed by atoms with van der Waals surface area (Å²) in [6, 6.07) is 4.83. The average Bonchev–Trinajstić information content (AvgIpc) is 2.32. The van der Waals surface area contributed by atoms with Crippen LogP contribution in [0.4, 0.5) is 4.39 Å². The Morgan fingerprint density at radius 3 is 2.58 bits per heavy atom. The van der Waals surface area contributed by atoms with Crippen LogP contribution in [0.3, 0.4) is 0 Å². The van der Waals surface area contributed by atoms with Gasteiger partial charge < -0.3 is 5.32 Å². The Morgan fingerprint density at radius 1 is 1.32 bits per heavy atom. The molecule has 0 radical (unpaired) electrons. The van der Waals surface area contributed by atoms with Gasteiger partial charge in [-0.25, -0.2) is 4.39 Å². The molecular weight excluding hydrogens is 261 g/mol. The van der Waals surface area contributed by atoms with E-state index in [4.69, 9.17) is 11.6 Å². The normalized spacial score (nSPS) is 13.6. The summed E-state index contributed by atoms with van der Waals surface area (Å²) in [5, 5.41) is 4.02. The first-order valence-electron chi connectivity index (χ1n) is 7.02. The Kier molecular flexibility index (Phi) is 6.28. The summed E-state index contributed by atoms with van der Waals surface area (Å²) in [5.74, 6) is -0.174. The van der Waals surface area contributed by atoms with E-state index in [-0.39, 0.29) is 17.3 Å². The molecule has 1 aromatic rings. The third-order valence-electron chi connectivity index (χ3n) is 3.16. The second-order valence-corrected chi connectivity index (χ2v) is 6.71. The van der Waals surface area contributed by atoms with Gasteiger partial charge in [0.25, 0.3) is 0 Å². The van der Waals surface area contributed by atoms with E-state index in [9.17, 15) is 4.39 Å². The quantitative estimate of drug-likeness (QED) is 0.743. The molecule has 1 rings (SSSR count). The molecular formula is C16H25ClFN. The lowest BCUT2D eigenvalue weighted by atomic mass is 9.87. The molecule has 0 heterocycles. The first kappa shape index (κ1) is 16.5. The molecule has 0 amide bonds. The fourth-order valence-corrected chi connectivity index (χ4v) is 2.23. The number of hydrogen-bond acceptors (Lipinski definition) is 1. The Hall–Kier alpha value is -0.600. The molecule has 0 aliphatic rings. The van der Waals surface area contributed by atoms with E-state index in [1.807, 2.05) is 0 Å². The lowest BCUT2D eigenvalue weighted by Crippen LogP contribution is -2.24. The zero-order valence-electron chi connectivity index (χ0n) is 12.4. The maximum absolute atomic E-state index is 14.0. The molecule has 0 saturated heterocycles. The van der Waals surface area contributed by atoms with Crippen LogP contribution in [0, 0.1) is 11.2 Å². The summed E-state index contributed by atoms with van der Waals surface area (Å²) < 4.78 is 14.0. The van der Waals surface area contributed by atoms with Crippen LogP contribution in [0.5, 0.6) is 0 Å². The average molecular weight is 286 g/mol. The van der Waals surface area contributed by atoms with Gasteiger partial charge in [0.15, 0.2) is 0 Å². The van der Waals surface area contributed by atoms with Crippen LogP contribution in [0.2, 0.25) is 5.02 Å². The van der Waals surface area contributed by atoms with Gasteiger partial charge >= 0.3 is 0 Å². The van der Waals surface area contributed by atoms with E-state index in [0.717, 1.165) is 25.8 Å². The van der Waals surface area contributed by atoms with Crippen molar-refractivity contribution in [1.82, 2.24) is 5.32 Å². The van der Waals surface area contributed by atoms with Crippen LogP contribution in [0.1, 0.15) is 58.6 Å². The van der Waals surface area contributed by atoms with Gasteiger partial charge in [-0.3, -0.25) is 0 Å². The van der Waals surface area contributed by atoms with Gasteiger partial charge in [0.2, 0.25) is 0 Å². The van der Waals surface area contributed by atoms with E-state index in [2.05, 4.69) is 33.0 Å². The molecule has 0 aromatic heterocycles. The molecule has 1 aromatic carbocycles. The smallest absolute Gasteiger partial charge is 0.128 e. The van der Waals surface area contributed by atoms with E-state index >= 15 is 0 Å². The number of rotatable bonds is 6. The minimum atomic E-state index is -0.174. The zero-order chi connectivity index (χ0) is 14.5. The molecule has 108 valence electrons. The molecule has 0 bridgehead atoms. The van der Waals surface area contributed by atoms with Crippen molar-refractivity contribution in [2.24, 2.45) is 5.41 Å². The van der Waals surface area contributed by atoms with Gasteiger partial charge in [0, 0.05) is 16.6 Å². The third kappa shape index (κ3) is 5.92. The van der Waals surface area contributed by atoms with Gasteiger partial charge in [-0.05, 0) is 49.4 Å². The van der Waals surface area contributed by atoms with Crippen molar-refractivity contribution in [3.63, 3.8) is 0 Å². The fraction of sp³-hybridized carbons (Fsp3) is 0.625. The second kappa shape index (κ2) is 7.25. The van der Waals surface area contributed by atoms with Crippen LogP contribution in [-0.4, -0.2) is 6.54 Å². The molecule has 0 fully saturated rings. The van der Waals surface area contributed by atoms with Gasteiger partial charge in [-0.2, -0.15) is 0 Å². The number of nitrogens with one attached hydrogen (secondary N) is 1. The lowest BCUT2D eigenvalue weighted by Gasteiger charge is -2.25. The van der Waals surface area contributed by atoms with Crippen molar-refractivity contribution < 1.29 is 4.39 Å². The summed E-state index contributed by atoms with van der Waals surface area (Å²) in [6.07, 6.45) is 3.00. The molecule has 0 saturated carbocycles. The van der Waals surface area contributed by atoms with Crippen LogP contribution in [0.25, 0.3) is 0 Å². The third-order valence-corrected chi connectivity index (χ3v) is 3.39. The minimum Gasteiger partial charge on any atom is -0.310 e. The Balaban J connectivity index is 2.85. The van der Waals surface area contributed by atoms with Crippen molar-refractivity contribution >= 4 is 11.6 Å². The Bertz CT molecular complexity index is 398. The summed E-state index contributed by atoms with van der Waals surface area (Å²) in [7, 11) is 0. The highest BCUT2D eigenvalue weighted by molar-refractivity contribution is 6.30. The Morgan fingerprint density at radius 2 is 2.00 bits per heavy atom. The predicted molar refractivity (Wildman–Crippen MR) is 81.1 cm³/mol. The largest absolute Gasteiger partial charge is 0.310 e. The number of hydrogen-bond donors (Lipinski definition) is 1. The van der Waals surface area contributed by atoms with Crippen molar-refractivity contribution in [3.8, 4) is 0 Å². The minimum absolute atomic E-state index is 0.0397. The highest BCUT2D eigenvalue weighted by Gasteiger charge is 2.19. The van der Waals surface area contributed by atoms with Gasteiger partial charge in [0.1, 0.15) is 5.82 Å². The van der Waals surface area contributed by atoms with Crippen molar-refractivity contribution in [2.75, 3.05) is 6.54 Å². The molecule has 3 heteroatoms. The van der Waals surface area contributed by atoms with Gasteiger partial charge in [-0.15, -0.1) is 0 Å². The standard InChI is InChI=1S/C16H25ClFN/c1-5-10-19-15(8-9-16(2,3)4)13-11-12(17)6-7-14(13)18/h6-7,11,15,19H,5,8-10H2,1-4H3. The maximum Gasteiger partial charge on any atom is 0.128 e. The predicted octanol–water partition coefficient (Wildman–Crippen LogP) is 5.35. The summed E-state index contributed by atoms with van der Waals surface area (Å²) in [6.45, 7) is 9.62. The highest BCUT2D eigenvalue weighted by atomic mass is 35.5. The van der Waals surface area contributed by atoms with E-state index < -0.39 is 0 Å². The second-order valence-electron chi connectivity index (χ2n) is 6.27. The molecule has 19 heavy (non-hydrogen) atoms. The van der Waals surface area contributed by atoms with E-state index in [0.29, 0.717) is 10.6 Å². The molecule has 0 aliphatic heterocycles. The summed E-state index contributed by atoms with van der Waals surface area (Å²) >= 11 is 5.99. The first-order chi connectivity index (χ1) is 8.83. The highest BCUT2D eigenvalue weighted by Crippen LogP contribution is 2.30. The molecule has 1 unspecified atom stereocenters. The molecule has 1 N–H and O–H groups in total. The topological polar surface area (TPSA) is 12.0 Å². The number of benzene rings is 1. The zero-order valence-corrected chi connectivity index (χ0v) is 13.1.